The van der Waals surface area contributed by atoms with Crippen LogP contribution in [-0.4, -0.2) is 19.8 Å². The topological polar surface area (TPSA) is 59.5 Å². The quantitative estimate of drug-likeness (QED) is 0.248. The minimum Gasteiger partial charge on any atom is -0.367 e. The summed E-state index contributed by atoms with van der Waals surface area (Å²) in [6.07, 6.45) is 4.88. The van der Waals surface area contributed by atoms with E-state index in [1.54, 1.807) is 0 Å². The fraction of sp³-hybridized carbons (Fsp3) is 0.600. The van der Waals surface area contributed by atoms with Crippen molar-refractivity contribution in [3.63, 3.8) is 0 Å². The largest absolute Gasteiger partial charge is 0.367 e. The predicted octanol–water partition coefficient (Wildman–Crippen LogP) is 0.187. The van der Waals surface area contributed by atoms with Gasteiger partial charge in [0.2, 0.25) is 4.91 Å². The van der Waals surface area contributed by atoms with E-state index in [9.17, 15) is 0 Å². The lowest BCUT2D eigenvalue weighted by Gasteiger charge is -1.88. The lowest BCUT2D eigenvalue weighted by atomic mass is 10.7. The Morgan fingerprint density at radius 2 is 2.56 bits per heavy atom. The molecule has 0 unspecified atom stereocenters. The van der Waals surface area contributed by atoms with E-state index >= 15 is 0 Å². The third kappa shape index (κ3) is 6.83. The van der Waals surface area contributed by atoms with E-state index in [-0.39, 0.29) is 0 Å². The fourth-order valence-corrected chi connectivity index (χ4v) is 0.286. The van der Waals surface area contributed by atoms with Gasteiger partial charge in [0.25, 0.3) is 0 Å². The average Bonchev–Trinajstić information content (AvgIpc) is 1.89. The molecular formula is C5H8N3O+. The van der Waals surface area contributed by atoms with Gasteiger partial charge >= 0.3 is 0 Å². The Hall–Kier alpha value is -1.17. The Morgan fingerprint density at radius 3 is 3.11 bits per heavy atom. The monoisotopic (exact) mass is 126 g/mol. The molecule has 0 amide bonds. The molecule has 0 aliphatic rings. The first-order valence-electron chi connectivity index (χ1n) is 2.46. The van der Waals surface area contributed by atoms with Crippen molar-refractivity contribution in [3.05, 3.63) is 0 Å². The fourth-order valence-electron chi connectivity index (χ4n) is 0.286. The Morgan fingerprint density at radius 1 is 1.78 bits per heavy atom. The highest BCUT2D eigenvalue weighted by atomic mass is 16.5. The van der Waals surface area contributed by atoms with Crippen LogP contribution in [0.5, 0.6) is 0 Å². The molecule has 0 rings (SSSR count). The average molecular weight is 126 g/mol. The van der Waals surface area contributed by atoms with Crippen molar-refractivity contribution in [2.24, 2.45) is 5.11 Å². The van der Waals surface area contributed by atoms with Crippen molar-refractivity contribution in [2.75, 3.05) is 19.8 Å². The van der Waals surface area contributed by atoms with Crippen molar-refractivity contribution in [3.8, 4) is 12.3 Å². The smallest absolute Gasteiger partial charge is 0.214 e. The molecule has 0 aliphatic heterocycles. The highest BCUT2D eigenvalue weighted by Gasteiger charge is 1.85. The maximum absolute atomic E-state index is 6.25. The minimum atomic E-state index is 0.299. The lowest BCUT2D eigenvalue weighted by molar-refractivity contribution is 0.174. The van der Waals surface area contributed by atoms with Crippen molar-refractivity contribution in [2.45, 2.75) is 0 Å². The lowest BCUT2D eigenvalue weighted by Crippen LogP contribution is -1.97. The number of rotatable bonds is 4. The van der Waals surface area contributed by atoms with E-state index in [0.29, 0.717) is 19.8 Å². The predicted molar refractivity (Wildman–Crippen MR) is 31.8 cm³/mol. The number of hydrogen-bond acceptors (Lipinski definition) is 3. The van der Waals surface area contributed by atoms with Gasteiger partial charge in [0.05, 0.1) is 6.61 Å². The standard InChI is InChI=1S/C5H8N3O/c1-2-4-9-5-3-7-8-6/h1,6H,3-5H2/q+1. The van der Waals surface area contributed by atoms with E-state index in [2.05, 4.69) is 15.9 Å². The number of terminal acetylenes is 1. The molecule has 48 valence electrons. The number of hydrogen-bond donors (Lipinski definition) is 1. The second-order valence-corrected chi connectivity index (χ2v) is 1.22. The van der Waals surface area contributed by atoms with Gasteiger partial charge in [-0.2, -0.15) is 0 Å². The van der Waals surface area contributed by atoms with Crippen molar-refractivity contribution >= 4 is 0 Å². The first kappa shape index (κ1) is 7.83. The zero-order chi connectivity index (χ0) is 6.95. The van der Waals surface area contributed by atoms with Crippen LogP contribution in [-0.2, 0) is 4.74 Å². The van der Waals surface area contributed by atoms with Crippen LogP contribution in [0.4, 0.5) is 0 Å². The van der Waals surface area contributed by atoms with Crippen LogP contribution in [0.3, 0.4) is 0 Å². The molecule has 0 aromatic heterocycles. The Kier molecular flexibility index (Phi) is 5.94. The third-order valence-electron chi connectivity index (χ3n) is 0.592. The summed E-state index contributed by atoms with van der Waals surface area (Å²) in [6, 6.07) is 0. The maximum atomic E-state index is 6.25. The SMILES string of the molecule is C#CCOCCN=[N+]=N. The van der Waals surface area contributed by atoms with Crippen LogP contribution in [0, 0.1) is 17.9 Å². The van der Waals surface area contributed by atoms with Gasteiger partial charge in [0.1, 0.15) is 23.8 Å². The molecule has 0 aliphatic carbocycles. The van der Waals surface area contributed by atoms with Crippen LogP contribution in [0.25, 0.3) is 0 Å². The van der Waals surface area contributed by atoms with E-state index in [1.165, 1.54) is 0 Å². The zero-order valence-electron chi connectivity index (χ0n) is 5.00. The van der Waals surface area contributed by atoms with Crippen LogP contribution < -0.4 is 4.91 Å². The first-order chi connectivity index (χ1) is 4.41. The minimum absolute atomic E-state index is 0.299. The molecule has 0 bridgehead atoms. The number of nitrogens with zero attached hydrogens (tertiary/aromatic N) is 2. The van der Waals surface area contributed by atoms with Crippen LogP contribution >= 0.6 is 0 Å². The molecule has 9 heavy (non-hydrogen) atoms. The Bertz CT molecular complexity index is 143. The zero-order valence-corrected chi connectivity index (χ0v) is 5.00. The van der Waals surface area contributed by atoms with E-state index < -0.39 is 0 Å². The third-order valence-corrected chi connectivity index (χ3v) is 0.592. The summed E-state index contributed by atoms with van der Waals surface area (Å²) < 4.78 is 4.81. The van der Waals surface area contributed by atoms with E-state index in [1.807, 2.05) is 0 Å². The van der Waals surface area contributed by atoms with Gasteiger partial charge in [-0.1, -0.05) is 5.92 Å². The molecule has 0 radical (unpaired) electrons. The van der Waals surface area contributed by atoms with Crippen molar-refractivity contribution in [1.29, 1.82) is 5.53 Å². The molecular weight excluding hydrogens is 118 g/mol. The second-order valence-electron chi connectivity index (χ2n) is 1.22. The van der Waals surface area contributed by atoms with Gasteiger partial charge < -0.3 is 4.74 Å². The Balaban J connectivity index is 2.93. The molecule has 0 heterocycles. The second kappa shape index (κ2) is 6.83. The van der Waals surface area contributed by atoms with Gasteiger partial charge in [-0.05, 0) is 0 Å². The summed E-state index contributed by atoms with van der Waals surface area (Å²) >= 11 is 0. The van der Waals surface area contributed by atoms with E-state index in [4.69, 9.17) is 16.7 Å². The van der Waals surface area contributed by atoms with E-state index in [0.717, 1.165) is 0 Å². The van der Waals surface area contributed by atoms with Gasteiger partial charge in [0.15, 0.2) is 0 Å². The molecule has 0 saturated heterocycles. The molecule has 1 N–H and O–H groups in total. The summed E-state index contributed by atoms with van der Waals surface area (Å²) in [7, 11) is 0. The summed E-state index contributed by atoms with van der Waals surface area (Å²) in [6.45, 7) is 1.14. The maximum Gasteiger partial charge on any atom is 0.214 e. The molecule has 0 aromatic rings. The summed E-state index contributed by atoms with van der Waals surface area (Å²) in [5.74, 6) is 2.30. The first-order valence-corrected chi connectivity index (χ1v) is 2.46. The number of nitrogens with one attached hydrogen (secondary N) is 1. The number of ether oxygens (including phenoxy) is 1. The van der Waals surface area contributed by atoms with Crippen molar-refractivity contribution < 1.29 is 4.74 Å². The van der Waals surface area contributed by atoms with Crippen LogP contribution in [0.15, 0.2) is 5.11 Å². The molecule has 0 fully saturated rings. The molecule has 0 atom stereocenters. The molecule has 4 heteroatoms. The van der Waals surface area contributed by atoms with Gasteiger partial charge in [0, 0.05) is 0 Å². The molecule has 4 nitrogen and oxygen atoms in total. The molecule has 0 spiro atoms. The van der Waals surface area contributed by atoms with Crippen LogP contribution in [0.1, 0.15) is 0 Å². The summed E-state index contributed by atoms with van der Waals surface area (Å²) in [5, 5.41) is 3.34. The molecule has 0 saturated carbocycles. The highest BCUT2D eigenvalue weighted by Crippen LogP contribution is 1.71. The van der Waals surface area contributed by atoms with Crippen LogP contribution in [0.2, 0.25) is 0 Å². The summed E-state index contributed by atoms with van der Waals surface area (Å²) in [5.41, 5.74) is 6.25. The normalized spacial score (nSPS) is 7.44. The van der Waals surface area contributed by atoms with Crippen molar-refractivity contribution in [1.82, 2.24) is 4.91 Å². The molecule has 0 aromatic carbocycles. The van der Waals surface area contributed by atoms with Gasteiger partial charge in [-0.3, -0.25) is 0 Å². The van der Waals surface area contributed by atoms with Gasteiger partial charge in [-0.25, -0.2) is 0 Å². The highest BCUT2D eigenvalue weighted by molar-refractivity contribution is 4.82. The summed E-state index contributed by atoms with van der Waals surface area (Å²) in [4.78, 5) is 2.78. The van der Waals surface area contributed by atoms with Gasteiger partial charge in [-0.15, -0.1) is 6.42 Å². The Labute approximate surface area is 53.4 Å².